The lowest BCUT2D eigenvalue weighted by Crippen LogP contribution is -2.27. The Balaban J connectivity index is 2.40. The van der Waals surface area contributed by atoms with Crippen LogP contribution in [0.3, 0.4) is 0 Å². The van der Waals surface area contributed by atoms with Crippen LogP contribution in [0.25, 0.3) is 0 Å². The minimum Gasteiger partial charge on any atom is -0.466 e. The summed E-state index contributed by atoms with van der Waals surface area (Å²) in [6, 6.07) is 1.04. The minimum atomic E-state index is -1.22. The zero-order chi connectivity index (χ0) is 13.3. The molecule has 1 aliphatic carbocycles. The van der Waals surface area contributed by atoms with Crippen LogP contribution in [0.4, 0.5) is 0 Å². The topological polar surface area (TPSA) is 52.6 Å². The lowest BCUT2D eigenvalue weighted by Gasteiger charge is -2.20. The van der Waals surface area contributed by atoms with E-state index in [0.29, 0.717) is 0 Å². The molecule has 0 aliphatic heterocycles. The van der Waals surface area contributed by atoms with Crippen molar-refractivity contribution in [2.24, 2.45) is 5.92 Å². The standard InChI is InChI=1S/C11H19BrO4Si/c1-15-9(13)6-16-10(14)8-5-11(8,12)7-17(2,3)4/h8H,5-7H2,1-4H3/t8-,11+/m0/s1. The van der Waals surface area contributed by atoms with E-state index in [0.717, 1.165) is 12.5 Å². The highest BCUT2D eigenvalue weighted by atomic mass is 79.9. The van der Waals surface area contributed by atoms with Crippen LogP contribution in [0.5, 0.6) is 0 Å². The van der Waals surface area contributed by atoms with E-state index in [-0.39, 0.29) is 22.8 Å². The SMILES string of the molecule is COC(=O)COC(=O)[C@@H]1C[C@@]1(Br)C[Si](C)(C)C. The van der Waals surface area contributed by atoms with Crippen molar-refractivity contribution < 1.29 is 19.1 Å². The van der Waals surface area contributed by atoms with Crippen molar-refractivity contribution >= 4 is 35.9 Å². The molecule has 0 unspecified atom stereocenters. The number of halogens is 1. The molecule has 0 spiro atoms. The number of hydrogen-bond donors (Lipinski definition) is 0. The molecule has 2 atom stereocenters. The first-order valence-corrected chi connectivity index (χ1v) is 10.1. The van der Waals surface area contributed by atoms with Crippen molar-refractivity contribution in [3.8, 4) is 0 Å². The van der Waals surface area contributed by atoms with Gasteiger partial charge in [-0.1, -0.05) is 35.6 Å². The van der Waals surface area contributed by atoms with Crippen LogP contribution in [0.1, 0.15) is 6.42 Å². The summed E-state index contributed by atoms with van der Waals surface area (Å²) in [5, 5.41) is 0. The molecule has 0 aromatic rings. The van der Waals surface area contributed by atoms with E-state index in [1.165, 1.54) is 7.11 Å². The summed E-state index contributed by atoms with van der Waals surface area (Å²) in [5.41, 5.74) is 0. The van der Waals surface area contributed by atoms with Gasteiger partial charge in [-0.15, -0.1) is 0 Å². The van der Waals surface area contributed by atoms with Gasteiger partial charge in [-0.3, -0.25) is 4.79 Å². The normalized spacial score (nSPS) is 27.5. The van der Waals surface area contributed by atoms with Gasteiger partial charge in [-0.05, 0) is 12.5 Å². The van der Waals surface area contributed by atoms with E-state index >= 15 is 0 Å². The average Bonchev–Trinajstić information content (AvgIpc) is 2.82. The second-order valence-electron chi connectivity index (χ2n) is 5.71. The first kappa shape index (κ1) is 14.7. The third kappa shape index (κ3) is 4.42. The molecule has 0 saturated heterocycles. The lowest BCUT2D eigenvalue weighted by molar-refractivity contribution is -0.157. The number of rotatable bonds is 5. The highest BCUT2D eigenvalue weighted by Crippen LogP contribution is 2.56. The largest absolute Gasteiger partial charge is 0.466 e. The molecule has 98 valence electrons. The second-order valence-corrected chi connectivity index (χ2v) is 12.8. The second kappa shape index (κ2) is 5.10. The zero-order valence-electron chi connectivity index (χ0n) is 10.7. The number of carbonyl (C=O) groups excluding carboxylic acids is 2. The Hall–Kier alpha value is -0.363. The minimum absolute atomic E-state index is 0.0926. The Morgan fingerprint density at radius 3 is 2.47 bits per heavy atom. The smallest absolute Gasteiger partial charge is 0.344 e. The predicted octanol–water partition coefficient (Wildman–Crippen LogP) is 2.19. The van der Waals surface area contributed by atoms with E-state index in [1.807, 2.05) is 0 Å². The average molecular weight is 323 g/mol. The molecule has 0 heterocycles. The number of alkyl halides is 1. The van der Waals surface area contributed by atoms with Crippen molar-refractivity contribution in [2.75, 3.05) is 13.7 Å². The van der Waals surface area contributed by atoms with E-state index in [2.05, 4.69) is 40.3 Å². The van der Waals surface area contributed by atoms with Crippen molar-refractivity contribution in [2.45, 2.75) is 36.4 Å². The number of ether oxygens (including phenoxy) is 2. The van der Waals surface area contributed by atoms with E-state index in [4.69, 9.17) is 4.74 Å². The summed E-state index contributed by atoms with van der Waals surface area (Å²) in [7, 11) is 0.0554. The highest BCUT2D eigenvalue weighted by molar-refractivity contribution is 9.10. The Morgan fingerprint density at radius 2 is 2.00 bits per heavy atom. The molecule has 0 N–H and O–H groups in total. The van der Waals surface area contributed by atoms with Gasteiger partial charge in [0.2, 0.25) is 0 Å². The van der Waals surface area contributed by atoms with Gasteiger partial charge in [0, 0.05) is 12.4 Å². The van der Waals surface area contributed by atoms with Gasteiger partial charge in [0.25, 0.3) is 0 Å². The zero-order valence-corrected chi connectivity index (χ0v) is 13.3. The molecular weight excluding hydrogens is 304 g/mol. The molecule has 1 aliphatic rings. The fraction of sp³-hybridized carbons (Fsp3) is 0.818. The van der Waals surface area contributed by atoms with Crippen LogP contribution in [0.2, 0.25) is 25.7 Å². The number of esters is 2. The first-order valence-electron chi connectivity index (χ1n) is 5.60. The van der Waals surface area contributed by atoms with Crippen molar-refractivity contribution in [3.63, 3.8) is 0 Å². The molecule has 1 saturated carbocycles. The van der Waals surface area contributed by atoms with Gasteiger partial charge in [-0.25, -0.2) is 4.79 Å². The summed E-state index contributed by atoms with van der Waals surface area (Å²) < 4.78 is 9.22. The Morgan fingerprint density at radius 1 is 1.41 bits per heavy atom. The van der Waals surface area contributed by atoms with Crippen LogP contribution in [0.15, 0.2) is 0 Å². The molecule has 0 amide bonds. The number of hydrogen-bond acceptors (Lipinski definition) is 4. The maximum Gasteiger partial charge on any atom is 0.344 e. The molecule has 6 heteroatoms. The monoisotopic (exact) mass is 322 g/mol. The van der Waals surface area contributed by atoms with E-state index in [9.17, 15) is 9.59 Å². The van der Waals surface area contributed by atoms with Crippen LogP contribution in [-0.2, 0) is 19.1 Å². The number of methoxy groups -OCH3 is 1. The van der Waals surface area contributed by atoms with Crippen molar-refractivity contribution in [1.82, 2.24) is 0 Å². The van der Waals surface area contributed by atoms with Crippen molar-refractivity contribution in [1.29, 1.82) is 0 Å². The molecule has 17 heavy (non-hydrogen) atoms. The van der Waals surface area contributed by atoms with E-state index in [1.54, 1.807) is 0 Å². The van der Waals surface area contributed by atoms with E-state index < -0.39 is 14.0 Å². The van der Waals surface area contributed by atoms with Gasteiger partial charge in [-0.2, -0.15) is 0 Å². The Bertz CT molecular complexity index is 326. The highest BCUT2D eigenvalue weighted by Gasteiger charge is 2.58. The van der Waals surface area contributed by atoms with Gasteiger partial charge in [0.15, 0.2) is 6.61 Å². The van der Waals surface area contributed by atoms with Gasteiger partial charge in [0.05, 0.1) is 13.0 Å². The van der Waals surface area contributed by atoms with Crippen molar-refractivity contribution in [3.05, 3.63) is 0 Å². The van der Waals surface area contributed by atoms with Gasteiger partial charge < -0.3 is 9.47 Å². The predicted molar refractivity (Wildman–Crippen MR) is 70.9 cm³/mol. The van der Waals surface area contributed by atoms with Crippen LogP contribution in [-0.4, -0.2) is 38.1 Å². The van der Waals surface area contributed by atoms with Crippen LogP contribution < -0.4 is 0 Å². The van der Waals surface area contributed by atoms with Crippen LogP contribution in [0, 0.1) is 5.92 Å². The molecule has 0 bridgehead atoms. The molecular formula is C11H19BrO4Si. The Kier molecular flexibility index (Phi) is 4.41. The Labute approximate surface area is 111 Å². The molecule has 4 nitrogen and oxygen atoms in total. The van der Waals surface area contributed by atoms with Crippen LogP contribution >= 0.6 is 15.9 Å². The maximum atomic E-state index is 11.7. The maximum absolute atomic E-state index is 11.7. The molecule has 1 fully saturated rings. The lowest BCUT2D eigenvalue weighted by atomic mass is 10.3. The summed E-state index contributed by atoms with van der Waals surface area (Å²) >= 11 is 3.63. The van der Waals surface area contributed by atoms with Gasteiger partial charge in [0.1, 0.15) is 0 Å². The third-order valence-corrected chi connectivity index (χ3v) is 6.04. The fourth-order valence-corrected chi connectivity index (χ4v) is 7.13. The molecule has 0 radical (unpaired) electrons. The summed E-state index contributed by atoms with van der Waals surface area (Å²) in [4.78, 5) is 22.5. The molecule has 0 aromatic carbocycles. The molecule has 1 rings (SSSR count). The fourth-order valence-electron chi connectivity index (χ4n) is 1.94. The first-order chi connectivity index (χ1) is 7.68. The number of carbonyl (C=O) groups is 2. The summed E-state index contributed by atoms with van der Waals surface area (Å²) in [5.74, 6) is -0.936. The quantitative estimate of drug-likeness (QED) is 0.442. The summed E-state index contributed by atoms with van der Waals surface area (Å²) in [6.07, 6.45) is 0.803. The summed E-state index contributed by atoms with van der Waals surface area (Å²) in [6.45, 7) is 6.52. The van der Waals surface area contributed by atoms with Gasteiger partial charge >= 0.3 is 11.9 Å². The third-order valence-electron chi connectivity index (χ3n) is 2.68. The molecule has 0 aromatic heterocycles.